The number of benzene rings is 3. The van der Waals surface area contributed by atoms with Gasteiger partial charge in [0, 0.05) is 5.69 Å². The summed E-state index contributed by atoms with van der Waals surface area (Å²) in [6.45, 7) is 1.90. The summed E-state index contributed by atoms with van der Waals surface area (Å²) in [6.07, 6.45) is 0.457. The quantitative estimate of drug-likeness (QED) is 0.403. The minimum atomic E-state index is -0.548. The Balaban J connectivity index is 1.72. The van der Waals surface area contributed by atoms with E-state index in [9.17, 15) is 14.9 Å². The van der Waals surface area contributed by atoms with E-state index in [0.29, 0.717) is 22.8 Å². The van der Waals surface area contributed by atoms with Gasteiger partial charge in [0.1, 0.15) is 22.4 Å². The maximum atomic E-state index is 13.6. The van der Waals surface area contributed by atoms with E-state index in [4.69, 9.17) is 4.74 Å². The standard InChI is InChI=1S/C27H23N3O3S/c1-18-8-6-7-11-23(18)30-26(32)24(16-19-12-14-21(33-2)15-13-19)34-27(30)22(17-28)25(31)29-20-9-4-3-5-10-20/h3-15,24H,16H2,1-2H3,(H,29,31)/b27-22+/t24-/m1/s1. The first-order valence-electron chi connectivity index (χ1n) is 10.7. The zero-order valence-corrected chi connectivity index (χ0v) is 19.6. The molecule has 0 saturated carbocycles. The van der Waals surface area contributed by atoms with Crippen LogP contribution in [-0.2, 0) is 16.0 Å². The summed E-state index contributed by atoms with van der Waals surface area (Å²) in [5.74, 6) is 0.0266. The number of carbonyl (C=O) groups is 2. The highest BCUT2D eigenvalue weighted by Crippen LogP contribution is 2.43. The van der Waals surface area contributed by atoms with E-state index in [-0.39, 0.29) is 11.5 Å². The molecule has 3 aromatic rings. The number of hydrogen-bond acceptors (Lipinski definition) is 5. The molecule has 1 fully saturated rings. The largest absolute Gasteiger partial charge is 0.497 e. The van der Waals surface area contributed by atoms with Crippen molar-refractivity contribution in [3.63, 3.8) is 0 Å². The SMILES string of the molecule is COc1ccc(C[C@H]2S/C(=C(\C#N)C(=O)Nc3ccccc3)N(c3ccccc3C)C2=O)cc1. The second kappa shape index (κ2) is 10.3. The highest BCUT2D eigenvalue weighted by Gasteiger charge is 2.41. The molecule has 0 bridgehead atoms. The monoisotopic (exact) mass is 469 g/mol. The van der Waals surface area contributed by atoms with Crippen molar-refractivity contribution in [2.24, 2.45) is 0 Å². The normalized spacial score (nSPS) is 16.7. The van der Waals surface area contributed by atoms with Gasteiger partial charge in [-0.05, 0) is 54.8 Å². The molecule has 170 valence electrons. The van der Waals surface area contributed by atoms with E-state index < -0.39 is 11.2 Å². The second-order valence-electron chi connectivity index (χ2n) is 7.73. The molecular formula is C27H23N3O3S. The van der Waals surface area contributed by atoms with E-state index >= 15 is 0 Å². The number of thioether (sulfide) groups is 1. The molecule has 1 N–H and O–H groups in total. The van der Waals surface area contributed by atoms with Gasteiger partial charge in [0.2, 0.25) is 5.91 Å². The topological polar surface area (TPSA) is 82.4 Å². The van der Waals surface area contributed by atoms with Crippen LogP contribution < -0.4 is 15.0 Å². The van der Waals surface area contributed by atoms with Gasteiger partial charge in [-0.3, -0.25) is 14.5 Å². The Kier molecular flexibility index (Phi) is 7.00. The fraction of sp³-hybridized carbons (Fsp3) is 0.148. The minimum absolute atomic E-state index is 0.0947. The smallest absolute Gasteiger partial charge is 0.269 e. The van der Waals surface area contributed by atoms with E-state index in [1.54, 1.807) is 31.4 Å². The van der Waals surface area contributed by atoms with Crippen LogP contribution in [0.4, 0.5) is 11.4 Å². The first-order valence-corrected chi connectivity index (χ1v) is 11.6. The number of nitrogens with zero attached hydrogens (tertiary/aromatic N) is 2. The molecule has 0 aliphatic carbocycles. The average Bonchev–Trinajstić information content (AvgIpc) is 3.16. The third-order valence-electron chi connectivity index (χ3n) is 5.47. The van der Waals surface area contributed by atoms with Crippen molar-refractivity contribution >= 4 is 35.0 Å². The summed E-state index contributed by atoms with van der Waals surface area (Å²) in [4.78, 5) is 28.2. The van der Waals surface area contributed by atoms with E-state index in [0.717, 1.165) is 16.9 Å². The molecule has 1 aliphatic rings. The lowest BCUT2D eigenvalue weighted by molar-refractivity contribution is -0.117. The van der Waals surface area contributed by atoms with Crippen LogP contribution in [0, 0.1) is 18.3 Å². The van der Waals surface area contributed by atoms with Crippen molar-refractivity contribution < 1.29 is 14.3 Å². The van der Waals surface area contributed by atoms with Crippen LogP contribution in [0.2, 0.25) is 0 Å². The number of nitrogens with one attached hydrogen (secondary N) is 1. The van der Waals surface area contributed by atoms with Crippen LogP contribution in [0.15, 0.2) is 89.5 Å². The Morgan fingerprint density at radius 2 is 1.74 bits per heavy atom. The summed E-state index contributed by atoms with van der Waals surface area (Å²) in [6, 6.07) is 26.0. The molecule has 1 aliphatic heterocycles. The van der Waals surface area contributed by atoms with Crippen molar-refractivity contribution in [1.29, 1.82) is 5.26 Å². The van der Waals surface area contributed by atoms with Crippen LogP contribution in [0.5, 0.6) is 5.75 Å². The van der Waals surface area contributed by atoms with Crippen molar-refractivity contribution in [1.82, 2.24) is 0 Å². The van der Waals surface area contributed by atoms with Gasteiger partial charge >= 0.3 is 0 Å². The van der Waals surface area contributed by atoms with Crippen LogP contribution in [0.3, 0.4) is 0 Å². The molecule has 6 nitrogen and oxygen atoms in total. The minimum Gasteiger partial charge on any atom is -0.497 e. The van der Waals surface area contributed by atoms with Gasteiger partial charge in [0.25, 0.3) is 5.91 Å². The highest BCUT2D eigenvalue weighted by atomic mass is 32.2. The number of amides is 2. The first kappa shape index (κ1) is 23.1. The molecule has 2 amide bonds. The summed E-state index contributed by atoms with van der Waals surface area (Å²) in [5.41, 5.74) is 2.98. The van der Waals surface area contributed by atoms with E-state index in [2.05, 4.69) is 5.32 Å². The predicted octanol–water partition coefficient (Wildman–Crippen LogP) is 5.07. The molecule has 3 aromatic carbocycles. The number of anilines is 2. The number of hydrogen-bond donors (Lipinski definition) is 1. The summed E-state index contributed by atoms with van der Waals surface area (Å²) >= 11 is 1.25. The summed E-state index contributed by atoms with van der Waals surface area (Å²) in [7, 11) is 1.60. The van der Waals surface area contributed by atoms with Crippen molar-refractivity contribution in [3.05, 3.63) is 101 Å². The van der Waals surface area contributed by atoms with Gasteiger partial charge in [0.15, 0.2) is 0 Å². The Labute approximate surface area is 202 Å². The van der Waals surface area contributed by atoms with Gasteiger partial charge < -0.3 is 10.1 Å². The van der Waals surface area contributed by atoms with Crippen molar-refractivity contribution in [2.75, 3.05) is 17.3 Å². The van der Waals surface area contributed by atoms with Gasteiger partial charge in [-0.1, -0.05) is 60.3 Å². The third-order valence-corrected chi connectivity index (χ3v) is 6.74. The number of nitriles is 1. The fourth-order valence-corrected chi connectivity index (χ4v) is 5.01. The number of rotatable bonds is 6. The Hall–Kier alpha value is -4.02. The average molecular weight is 470 g/mol. The molecule has 7 heteroatoms. The molecule has 4 rings (SSSR count). The van der Waals surface area contributed by atoms with Crippen LogP contribution in [-0.4, -0.2) is 24.2 Å². The van der Waals surface area contributed by atoms with Crippen LogP contribution in [0.1, 0.15) is 11.1 Å². The highest BCUT2D eigenvalue weighted by molar-refractivity contribution is 8.05. The maximum absolute atomic E-state index is 13.6. The molecule has 1 atom stereocenters. The summed E-state index contributed by atoms with van der Waals surface area (Å²) in [5, 5.41) is 12.6. The first-order chi connectivity index (χ1) is 16.5. The van der Waals surface area contributed by atoms with Crippen LogP contribution in [0.25, 0.3) is 0 Å². The number of ether oxygens (including phenoxy) is 1. The van der Waals surface area contributed by atoms with E-state index in [1.807, 2.05) is 67.6 Å². The number of carbonyl (C=O) groups excluding carboxylic acids is 2. The zero-order chi connectivity index (χ0) is 24.1. The van der Waals surface area contributed by atoms with Gasteiger partial charge in [-0.25, -0.2) is 0 Å². The van der Waals surface area contributed by atoms with Gasteiger partial charge in [-0.2, -0.15) is 5.26 Å². The van der Waals surface area contributed by atoms with Crippen molar-refractivity contribution in [2.45, 2.75) is 18.6 Å². The molecule has 0 spiro atoms. The predicted molar refractivity (Wildman–Crippen MR) is 134 cm³/mol. The molecule has 0 unspecified atom stereocenters. The lowest BCUT2D eigenvalue weighted by Gasteiger charge is -2.20. The molecule has 0 radical (unpaired) electrons. The van der Waals surface area contributed by atoms with Gasteiger partial charge in [-0.15, -0.1) is 0 Å². The molecule has 0 aromatic heterocycles. The maximum Gasteiger partial charge on any atom is 0.269 e. The molecule has 1 saturated heterocycles. The van der Waals surface area contributed by atoms with Crippen LogP contribution >= 0.6 is 11.8 Å². The second-order valence-corrected chi connectivity index (χ2v) is 8.92. The molecule has 34 heavy (non-hydrogen) atoms. The Morgan fingerprint density at radius 3 is 2.38 bits per heavy atom. The fourth-order valence-electron chi connectivity index (χ4n) is 3.71. The molecular weight excluding hydrogens is 446 g/mol. The van der Waals surface area contributed by atoms with Gasteiger partial charge in [0.05, 0.1) is 18.0 Å². The third kappa shape index (κ3) is 4.82. The zero-order valence-electron chi connectivity index (χ0n) is 18.8. The lowest BCUT2D eigenvalue weighted by Crippen LogP contribution is -2.31. The van der Waals surface area contributed by atoms with Crippen molar-refractivity contribution in [3.8, 4) is 11.8 Å². The lowest BCUT2D eigenvalue weighted by atomic mass is 10.1. The van der Waals surface area contributed by atoms with E-state index in [1.165, 1.54) is 16.7 Å². The number of para-hydroxylation sites is 2. The number of methoxy groups -OCH3 is 1. The summed E-state index contributed by atoms with van der Waals surface area (Å²) < 4.78 is 5.22. The molecule has 1 heterocycles. The Bertz CT molecular complexity index is 1280. The number of aryl methyl sites for hydroxylation is 1. The Morgan fingerprint density at radius 1 is 1.06 bits per heavy atom.